The van der Waals surface area contributed by atoms with Gasteiger partial charge in [0, 0.05) is 11.8 Å². The van der Waals surface area contributed by atoms with Crippen LogP contribution in [0.4, 0.5) is 0 Å². The third-order valence-corrected chi connectivity index (χ3v) is 7.39. The van der Waals surface area contributed by atoms with E-state index in [0.717, 1.165) is 24.8 Å². The van der Waals surface area contributed by atoms with Crippen molar-refractivity contribution in [3.05, 3.63) is 71.8 Å². The van der Waals surface area contributed by atoms with Gasteiger partial charge in [-0.1, -0.05) is 87.9 Å². The highest BCUT2D eigenvalue weighted by Gasteiger charge is 2.42. The zero-order valence-corrected chi connectivity index (χ0v) is 20.9. The zero-order chi connectivity index (χ0) is 24.7. The summed E-state index contributed by atoms with van der Waals surface area (Å²) in [5.74, 6) is -0.620. The molecule has 1 aliphatic rings. The maximum absolute atomic E-state index is 13.3. The first kappa shape index (κ1) is 26.0. The summed E-state index contributed by atoms with van der Waals surface area (Å²) in [4.78, 5) is 25.7. The number of benzene rings is 2. The van der Waals surface area contributed by atoms with E-state index in [1.807, 2.05) is 36.4 Å². The molecule has 0 unspecified atom stereocenters. The van der Waals surface area contributed by atoms with Gasteiger partial charge in [0.1, 0.15) is 12.1 Å². The molecule has 0 spiro atoms. The molecule has 5 nitrogen and oxygen atoms in total. The molecule has 5 heteroatoms. The van der Waals surface area contributed by atoms with Gasteiger partial charge in [0.2, 0.25) is 0 Å². The van der Waals surface area contributed by atoms with Crippen LogP contribution in [-0.2, 0) is 24.5 Å². The van der Waals surface area contributed by atoms with E-state index in [-0.39, 0.29) is 36.4 Å². The summed E-state index contributed by atoms with van der Waals surface area (Å²) >= 11 is 0. The zero-order valence-electron chi connectivity index (χ0n) is 20.9. The van der Waals surface area contributed by atoms with E-state index >= 15 is 0 Å². The lowest BCUT2D eigenvalue weighted by atomic mass is 9.64. The Morgan fingerprint density at radius 2 is 1.65 bits per heavy atom. The second-order valence-electron chi connectivity index (χ2n) is 10.1. The van der Waals surface area contributed by atoms with Crippen LogP contribution in [0.3, 0.4) is 0 Å². The van der Waals surface area contributed by atoms with Crippen molar-refractivity contribution in [1.29, 1.82) is 0 Å². The summed E-state index contributed by atoms with van der Waals surface area (Å²) in [6, 6.07) is 19.0. The van der Waals surface area contributed by atoms with E-state index in [9.17, 15) is 9.59 Å². The fourth-order valence-electron chi connectivity index (χ4n) is 5.32. The van der Waals surface area contributed by atoms with Crippen molar-refractivity contribution >= 4 is 11.9 Å². The monoisotopic (exact) mass is 465 g/mol. The Bertz CT molecular complexity index is 928. The molecule has 0 aromatic heterocycles. The molecular formula is C29H39NO4. The lowest BCUT2D eigenvalue weighted by molar-refractivity contribution is -0.157. The van der Waals surface area contributed by atoms with Crippen molar-refractivity contribution in [2.45, 2.75) is 76.9 Å². The third-order valence-electron chi connectivity index (χ3n) is 7.39. The summed E-state index contributed by atoms with van der Waals surface area (Å²) in [5.41, 5.74) is 8.22. The highest BCUT2D eigenvalue weighted by atomic mass is 16.5. The van der Waals surface area contributed by atoms with Gasteiger partial charge >= 0.3 is 11.9 Å². The number of carbonyl (C=O) groups excluding carboxylic acids is 2. The summed E-state index contributed by atoms with van der Waals surface area (Å²) in [6.07, 6.45) is 2.82. The van der Waals surface area contributed by atoms with E-state index in [4.69, 9.17) is 15.2 Å². The number of ether oxygens (including phenoxy) is 2. The van der Waals surface area contributed by atoms with E-state index in [2.05, 4.69) is 45.0 Å². The molecule has 0 radical (unpaired) electrons. The van der Waals surface area contributed by atoms with Crippen molar-refractivity contribution in [3.8, 4) is 0 Å². The number of rotatable bonds is 9. The third kappa shape index (κ3) is 6.26. The topological polar surface area (TPSA) is 78.6 Å². The molecule has 0 bridgehead atoms. The predicted molar refractivity (Wildman–Crippen MR) is 134 cm³/mol. The fourth-order valence-corrected chi connectivity index (χ4v) is 5.32. The number of hydrogen-bond acceptors (Lipinski definition) is 5. The van der Waals surface area contributed by atoms with Crippen LogP contribution in [-0.4, -0.2) is 30.7 Å². The van der Waals surface area contributed by atoms with E-state index in [1.165, 1.54) is 5.56 Å². The van der Waals surface area contributed by atoms with Gasteiger partial charge in [0.05, 0.1) is 13.0 Å². The van der Waals surface area contributed by atoms with E-state index in [0.29, 0.717) is 5.92 Å². The minimum atomic E-state index is -0.934. The Labute approximate surface area is 204 Å². The van der Waals surface area contributed by atoms with Gasteiger partial charge in [-0.25, -0.2) is 0 Å². The van der Waals surface area contributed by atoms with Crippen LogP contribution < -0.4 is 5.73 Å². The largest absolute Gasteiger partial charge is 0.465 e. The van der Waals surface area contributed by atoms with E-state index < -0.39 is 17.9 Å². The molecule has 1 aliphatic carbocycles. The summed E-state index contributed by atoms with van der Waals surface area (Å²) in [6.45, 7) is 8.69. The molecule has 1 fully saturated rings. The van der Waals surface area contributed by atoms with Crippen LogP contribution in [0.25, 0.3) is 0 Å². The summed E-state index contributed by atoms with van der Waals surface area (Å²) in [7, 11) is 0. The molecule has 184 valence electrons. The lowest BCUT2D eigenvalue weighted by Gasteiger charge is -2.44. The Hall–Kier alpha value is -2.66. The number of nitrogens with two attached hydrogens (primary N) is 1. The van der Waals surface area contributed by atoms with Crippen LogP contribution in [0.2, 0.25) is 0 Å². The van der Waals surface area contributed by atoms with Crippen molar-refractivity contribution < 1.29 is 19.1 Å². The van der Waals surface area contributed by atoms with Crippen molar-refractivity contribution in [2.24, 2.45) is 17.6 Å². The number of carbonyl (C=O) groups is 2. The normalized spacial score (nSPS) is 22.4. The maximum atomic E-state index is 13.3. The minimum Gasteiger partial charge on any atom is -0.465 e. The van der Waals surface area contributed by atoms with Crippen molar-refractivity contribution in [1.82, 2.24) is 0 Å². The first-order chi connectivity index (χ1) is 16.2. The fraction of sp³-hybridized carbons (Fsp3) is 0.517. The predicted octanol–water partition coefficient (Wildman–Crippen LogP) is 5.38. The van der Waals surface area contributed by atoms with Crippen LogP contribution in [0.15, 0.2) is 60.7 Å². The Morgan fingerprint density at radius 3 is 2.26 bits per heavy atom. The Kier molecular flexibility index (Phi) is 8.90. The standard InChI is InChI=1S/C29H39NO4/c1-5-33-28(32)27(30)23(21-12-8-6-9-13-21)19-26(31)34-25-18-20(2)16-17-24(25)29(3,4)22-14-10-7-11-15-22/h6-15,20,23-25,27H,5,16-19,30H2,1-4H3/t20-,23+,24-,25-,27+/m1/s1. The van der Waals surface area contributed by atoms with E-state index in [1.54, 1.807) is 6.92 Å². The summed E-state index contributed by atoms with van der Waals surface area (Å²) in [5, 5.41) is 0. The van der Waals surface area contributed by atoms with Gasteiger partial charge in [-0.05, 0) is 42.2 Å². The molecule has 3 rings (SSSR count). The van der Waals surface area contributed by atoms with Gasteiger partial charge < -0.3 is 15.2 Å². The number of hydrogen-bond donors (Lipinski definition) is 1. The molecular weight excluding hydrogens is 426 g/mol. The van der Waals surface area contributed by atoms with Crippen LogP contribution >= 0.6 is 0 Å². The smallest absolute Gasteiger partial charge is 0.323 e. The molecule has 0 heterocycles. The average molecular weight is 466 g/mol. The number of esters is 2. The van der Waals surface area contributed by atoms with Gasteiger partial charge in [-0.3, -0.25) is 9.59 Å². The van der Waals surface area contributed by atoms with Crippen LogP contribution in [0.1, 0.15) is 70.4 Å². The molecule has 2 aromatic rings. The van der Waals surface area contributed by atoms with Crippen molar-refractivity contribution in [2.75, 3.05) is 6.61 Å². The van der Waals surface area contributed by atoms with Crippen molar-refractivity contribution in [3.63, 3.8) is 0 Å². The van der Waals surface area contributed by atoms with Crippen LogP contribution in [0, 0.1) is 11.8 Å². The Morgan fingerprint density at radius 1 is 1.03 bits per heavy atom. The Balaban J connectivity index is 1.79. The molecule has 2 aromatic carbocycles. The second-order valence-corrected chi connectivity index (χ2v) is 10.1. The first-order valence-electron chi connectivity index (χ1n) is 12.5. The van der Waals surface area contributed by atoms with Gasteiger partial charge in [-0.15, -0.1) is 0 Å². The maximum Gasteiger partial charge on any atom is 0.323 e. The summed E-state index contributed by atoms with van der Waals surface area (Å²) < 4.78 is 11.3. The van der Waals surface area contributed by atoms with Gasteiger partial charge in [-0.2, -0.15) is 0 Å². The lowest BCUT2D eigenvalue weighted by Crippen LogP contribution is -2.44. The molecule has 34 heavy (non-hydrogen) atoms. The SMILES string of the molecule is CCOC(=O)[C@@H](N)[C@@H](CC(=O)O[C@@H]1C[C@H](C)CC[C@H]1C(C)(C)c1ccccc1)c1ccccc1. The first-order valence-corrected chi connectivity index (χ1v) is 12.5. The molecule has 0 saturated heterocycles. The van der Waals surface area contributed by atoms with Gasteiger partial charge in [0.25, 0.3) is 0 Å². The van der Waals surface area contributed by atoms with Crippen LogP contribution in [0.5, 0.6) is 0 Å². The highest BCUT2D eigenvalue weighted by Crippen LogP contribution is 2.44. The quantitative estimate of drug-likeness (QED) is 0.503. The molecule has 0 amide bonds. The molecule has 0 aliphatic heterocycles. The molecule has 5 atom stereocenters. The highest BCUT2D eigenvalue weighted by molar-refractivity contribution is 5.79. The minimum absolute atomic E-state index is 0.0351. The second kappa shape index (κ2) is 11.7. The van der Waals surface area contributed by atoms with Gasteiger partial charge in [0.15, 0.2) is 0 Å². The molecule has 2 N–H and O–H groups in total. The average Bonchev–Trinajstić information content (AvgIpc) is 2.83. The molecule has 1 saturated carbocycles.